The number of ether oxygens (including phenoxy) is 1. The third-order valence-electron chi connectivity index (χ3n) is 5.19. The predicted octanol–water partition coefficient (Wildman–Crippen LogP) is 4.64. The number of hydrogen-bond acceptors (Lipinski definition) is 5. The number of anilines is 1. The van der Waals surface area contributed by atoms with Gasteiger partial charge in [0, 0.05) is 44.9 Å². The molecule has 3 rings (SSSR count). The highest BCUT2D eigenvalue weighted by atomic mass is 32.1. The fraction of sp³-hybridized carbons (Fsp3) is 0.565. The van der Waals surface area contributed by atoms with Crippen LogP contribution < -0.4 is 4.90 Å². The van der Waals surface area contributed by atoms with Crippen molar-refractivity contribution in [3.8, 4) is 0 Å². The zero-order chi connectivity index (χ0) is 21.2. The van der Waals surface area contributed by atoms with Gasteiger partial charge in [0.25, 0.3) is 5.91 Å². The summed E-state index contributed by atoms with van der Waals surface area (Å²) in [7, 11) is 4.06. The lowest BCUT2D eigenvalue weighted by molar-refractivity contribution is 0.0510. The molecule has 1 amide bonds. The van der Waals surface area contributed by atoms with Crippen molar-refractivity contribution < 1.29 is 9.53 Å². The van der Waals surface area contributed by atoms with Crippen LogP contribution in [-0.2, 0) is 16.7 Å². The van der Waals surface area contributed by atoms with Crippen LogP contribution in [0.2, 0.25) is 0 Å². The minimum atomic E-state index is -0.0602. The quantitative estimate of drug-likeness (QED) is 0.690. The standard InChI is InChI=1S/C23H33N3O2S/c1-16-20(29-22(24-16)23(2,3)4)21(27)26(15-19-8-7-13-28-19)14-17-9-11-18(12-10-17)25(5)6/h9-12,19H,7-8,13-15H2,1-6H3. The molecule has 1 aliphatic rings. The van der Waals surface area contributed by atoms with E-state index in [2.05, 4.69) is 54.9 Å². The predicted molar refractivity (Wildman–Crippen MR) is 120 cm³/mol. The monoisotopic (exact) mass is 415 g/mol. The summed E-state index contributed by atoms with van der Waals surface area (Å²) in [4.78, 5) is 23.0. The lowest BCUT2D eigenvalue weighted by atomic mass is 9.98. The Hall–Kier alpha value is -1.92. The van der Waals surface area contributed by atoms with Crippen molar-refractivity contribution in [2.75, 3.05) is 32.1 Å². The molecule has 29 heavy (non-hydrogen) atoms. The van der Waals surface area contributed by atoms with E-state index in [-0.39, 0.29) is 17.4 Å². The van der Waals surface area contributed by atoms with Gasteiger partial charge in [0.05, 0.1) is 16.8 Å². The lowest BCUT2D eigenvalue weighted by Gasteiger charge is -2.25. The molecule has 2 heterocycles. The van der Waals surface area contributed by atoms with Gasteiger partial charge >= 0.3 is 0 Å². The zero-order valence-electron chi connectivity index (χ0n) is 18.5. The minimum absolute atomic E-state index is 0.0580. The van der Waals surface area contributed by atoms with Gasteiger partial charge < -0.3 is 14.5 Å². The maximum absolute atomic E-state index is 13.5. The van der Waals surface area contributed by atoms with E-state index in [0.29, 0.717) is 13.1 Å². The van der Waals surface area contributed by atoms with E-state index >= 15 is 0 Å². The van der Waals surface area contributed by atoms with Gasteiger partial charge in [-0.1, -0.05) is 32.9 Å². The van der Waals surface area contributed by atoms with Crippen molar-refractivity contribution in [1.82, 2.24) is 9.88 Å². The van der Waals surface area contributed by atoms with Gasteiger partial charge in [0.1, 0.15) is 4.88 Å². The van der Waals surface area contributed by atoms with Crippen LogP contribution >= 0.6 is 11.3 Å². The molecule has 0 spiro atoms. The molecule has 1 aromatic carbocycles. The molecule has 1 aliphatic heterocycles. The Kier molecular flexibility index (Phi) is 6.64. The molecule has 0 saturated carbocycles. The SMILES string of the molecule is Cc1nc(C(C)(C)C)sc1C(=O)N(Cc1ccc(N(C)C)cc1)CC1CCCO1. The van der Waals surface area contributed by atoms with Crippen molar-refractivity contribution in [2.24, 2.45) is 0 Å². The van der Waals surface area contributed by atoms with E-state index in [1.165, 1.54) is 11.3 Å². The van der Waals surface area contributed by atoms with Crippen molar-refractivity contribution in [1.29, 1.82) is 0 Å². The van der Waals surface area contributed by atoms with Gasteiger partial charge in [-0.15, -0.1) is 11.3 Å². The van der Waals surface area contributed by atoms with E-state index in [1.807, 2.05) is 25.9 Å². The molecule has 1 unspecified atom stereocenters. The average molecular weight is 416 g/mol. The van der Waals surface area contributed by atoms with Crippen molar-refractivity contribution in [2.45, 2.75) is 58.6 Å². The maximum atomic E-state index is 13.5. The van der Waals surface area contributed by atoms with E-state index in [1.54, 1.807) is 0 Å². The van der Waals surface area contributed by atoms with Crippen LogP contribution in [0, 0.1) is 6.92 Å². The van der Waals surface area contributed by atoms with Crippen LogP contribution in [-0.4, -0.2) is 49.1 Å². The van der Waals surface area contributed by atoms with E-state index in [9.17, 15) is 4.79 Å². The number of carbonyl (C=O) groups is 1. The second-order valence-electron chi connectivity index (χ2n) is 9.07. The number of nitrogens with zero attached hydrogens (tertiary/aromatic N) is 3. The fourth-order valence-electron chi connectivity index (χ4n) is 3.43. The normalized spacial score (nSPS) is 16.8. The van der Waals surface area contributed by atoms with Crippen molar-refractivity contribution in [3.63, 3.8) is 0 Å². The van der Waals surface area contributed by atoms with Crippen LogP contribution in [0.15, 0.2) is 24.3 Å². The zero-order valence-corrected chi connectivity index (χ0v) is 19.3. The number of aromatic nitrogens is 1. The molecular weight excluding hydrogens is 382 g/mol. The number of rotatable bonds is 6. The van der Waals surface area contributed by atoms with Crippen LogP contribution in [0.25, 0.3) is 0 Å². The maximum Gasteiger partial charge on any atom is 0.266 e. The van der Waals surface area contributed by atoms with Gasteiger partial charge in [-0.05, 0) is 37.5 Å². The Labute approximate surface area is 178 Å². The van der Waals surface area contributed by atoms with Gasteiger partial charge in [0.2, 0.25) is 0 Å². The van der Waals surface area contributed by atoms with Crippen LogP contribution in [0.3, 0.4) is 0 Å². The van der Waals surface area contributed by atoms with Gasteiger partial charge in [-0.3, -0.25) is 4.79 Å². The summed E-state index contributed by atoms with van der Waals surface area (Å²) >= 11 is 1.53. The first-order chi connectivity index (χ1) is 13.6. The topological polar surface area (TPSA) is 45.7 Å². The summed E-state index contributed by atoms with van der Waals surface area (Å²) in [6, 6.07) is 8.40. The molecule has 2 aromatic rings. The summed E-state index contributed by atoms with van der Waals surface area (Å²) in [5, 5.41) is 1.01. The Bertz CT molecular complexity index is 831. The first kappa shape index (κ1) is 21.8. The summed E-state index contributed by atoms with van der Waals surface area (Å²) in [6.07, 6.45) is 2.20. The number of aryl methyl sites for hydroxylation is 1. The molecule has 1 saturated heterocycles. The van der Waals surface area contributed by atoms with Crippen LogP contribution in [0.5, 0.6) is 0 Å². The highest BCUT2D eigenvalue weighted by Crippen LogP contribution is 2.30. The van der Waals surface area contributed by atoms with Gasteiger partial charge in [-0.25, -0.2) is 4.98 Å². The Morgan fingerprint density at radius 2 is 1.93 bits per heavy atom. The molecule has 158 valence electrons. The second kappa shape index (κ2) is 8.84. The molecule has 6 heteroatoms. The molecule has 1 aromatic heterocycles. The van der Waals surface area contributed by atoms with Gasteiger partial charge in [-0.2, -0.15) is 0 Å². The first-order valence-corrected chi connectivity index (χ1v) is 11.1. The lowest BCUT2D eigenvalue weighted by Crippen LogP contribution is -2.36. The summed E-state index contributed by atoms with van der Waals surface area (Å²) in [5.74, 6) is 0.0580. The number of amides is 1. The third-order valence-corrected chi connectivity index (χ3v) is 6.76. The smallest absolute Gasteiger partial charge is 0.266 e. The second-order valence-corrected chi connectivity index (χ2v) is 10.1. The molecule has 1 fully saturated rings. The minimum Gasteiger partial charge on any atom is -0.378 e. The van der Waals surface area contributed by atoms with Crippen molar-refractivity contribution >= 4 is 22.9 Å². The Morgan fingerprint density at radius 1 is 1.24 bits per heavy atom. The number of thiazole rings is 1. The first-order valence-electron chi connectivity index (χ1n) is 10.3. The summed E-state index contributed by atoms with van der Waals surface area (Å²) in [5.41, 5.74) is 3.04. The van der Waals surface area contributed by atoms with E-state index in [4.69, 9.17) is 4.74 Å². The molecule has 0 aliphatic carbocycles. The van der Waals surface area contributed by atoms with Gasteiger partial charge in [0.15, 0.2) is 0 Å². The molecule has 5 nitrogen and oxygen atoms in total. The number of carbonyl (C=O) groups excluding carboxylic acids is 1. The molecular formula is C23H33N3O2S. The summed E-state index contributed by atoms with van der Waals surface area (Å²) < 4.78 is 5.83. The Morgan fingerprint density at radius 3 is 2.45 bits per heavy atom. The summed E-state index contributed by atoms with van der Waals surface area (Å²) in [6.45, 7) is 10.3. The van der Waals surface area contributed by atoms with Crippen molar-refractivity contribution in [3.05, 3.63) is 45.4 Å². The highest BCUT2D eigenvalue weighted by Gasteiger charge is 2.28. The number of benzene rings is 1. The average Bonchev–Trinajstić information content (AvgIpc) is 3.30. The van der Waals surface area contributed by atoms with Crippen LogP contribution in [0.1, 0.15) is 59.5 Å². The molecule has 0 N–H and O–H groups in total. The molecule has 0 bridgehead atoms. The van der Waals surface area contributed by atoms with E-state index < -0.39 is 0 Å². The highest BCUT2D eigenvalue weighted by molar-refractivity contribution is 7.14. The Balaban J connectivity index is 1.84. The molecule has 1 atom stereocenters. The van der Waals surface area contributed by atoms with Crippen LogP contribution in [0.4, 0.5) is 5.69 Å². The van der Waals surface area contributed by atoms with E-state index in [0.717, 1.165) is 46.3 Å². The molecule has 0 radical (unpaired) electrons. The number of hydrogen-bond donors (Lipinski definition) is 0. The fourth-order valence-corrected chi connectivity index (χ4v) is 4.52. The largest absolute Gasteiger partial charge is 0.378 e. The third kappa shape index (κ3) is 5.37.